The van der Waals surface area contributed by atoms with Gasteiger partial charge in [0.05, 0.1) is 11.5 Å². The Bertz CT molecular complexity index is 1050. The number of likely N-dealkylation sites (N-methyl/N-ethyl adjacent to an activating group) is 1. The van der Waals surface area contributed by atoms with Gasteiger partial charge in [0.1, 0.15) is 0 Å². The van der Waals surface area contributed by atoms with E-state index in [2.05, 4.69) is 10.9 Å². The zero-order valence-electron chi connectivity index (χ0n) is 15.1. The molecule has 8 heteroatoms. The smallest absolute Gasteiger partial charge is 0.270 e. The highest BCUT2D eigenvalue weighted by atomic mass is 16.6. The van der Waals surface area contributed by atoms with Crippen LogP contribution in [0.3, 0.4) is 0 Å². The van der Waals surface area contributed by atoms with Gasteiger partial charge < -0.3 is 4.90 Å². The fourth-order valence-electron chi connectivity index (χ4n) is 2.72. The number of hydrogen-bond donors (Lipinski definition) is 2. The molecule has 0 aliphatic heterocycles. The number of carbonyl (C=O) groups is 2. The molecular weight excluding hydrogens is 360 g/mol. The van der Waals surface area contributed by atoms with Crippen LogP contribution in [0.2, 0.25) is 0 Å². The van der Waals surface area contributed by atoms with Gasteiger partial charge in [-0.15, -0.1) is 0 Å². The van der Waals surface area contributed by atoms with Crippen LogP contribution in [-0.4, -0.2) is 30.3 Å². The molecule has 0 fully saturated rings. The molecule has 0 radical (unpaired) electrons. The van der Waals surface area contributed by atoms with Gasteiger partial charge in [0, 0.05) is 30.4 Å². The molecule has 2 N–H and O–H groups in total. The van der Waals surface area contributed by atoms with Crippen molar-refractivity contribution in [3.05, 3.63) is 82.4 Å². The maximum atomic E-state index is 12.1. The van der Waals surface area contributed by atoms with Crippen LogP contribution in [0.4, 0.5) is 11.4 Å². The van der Waals surface area contributed by atoms with E-state index in [1.54, 1.807) is 11.9 Å². The molecule has 0 unspecified atom stereocenters. The molecule has 142 valence electrons. The summed E-state index contributed by atoms with van der Waals surface area (Å²) in [5.41, 5.74) is 5.32. The fourth-order valence-corrected chi connectivity index (χ4v) is 2.72. The minimum atomic E-state index is -0.634. The monoisotopic (exact) mass is 378 g/mol. The van der Waals surface area contributed by atoms with Crippen LogP contribution < -0.4 is 15.8 Å². The number of rotatable bonds is 5. The van der Waals surface area contributed by atoms with Gasteiger partial charge in [-0.3, -0.25) is 30.6 Å². The van der Waals surface area contributed by atoms with Gasteiger partial charge in [0.2, 0.25) is 0 Å². The maximum absolute atomic E-state index is 12.1. The Morgan fingerprint density at radius 3 is 2.46 bits per heavy atom. The van der Waals surface area contributed by atoms with E-state index in [-0.39, 0.29) is 17.8 Å². The normalized spacial score (nSPS) is 10.3. The number of nitro groups is 1. The van der Waals surface area contributed by atoms with Crippen molar-refractivity contribution >= 4 is 34.0 Å². The summed E-state index contributed by atoms with van der Waals surface area (Å²) in [5.74, 6) is -1.06. The van der Waals surface area contributed by atoms with Crippen molar-refractivity contribution in [1.29, 1.82) is 0 Å². The molecule has 0 aliphatic rings. The average Bonchev–Trinajstić information content (AvgIpc) is 2.71. The summed E-state index contributed by atoms with van der Waals surface area (Å²) in [6, 6.07) is 19.0. The first kappa shape index (κ1) is 18.8. The molecule has 0 saturated carbocycles. The van der Waals surface area contributed by atoms with E-state index in [0.717, 1.165) is 22.5 Å². The van der Waals surface area contributed by atoms with Crippen LogP contribution in [-0.2, 0) is 4.79 Å². The number of hydrogen-bond acceptors (Lipinski definition) is 5. The van der Waals surface area contributed by atoms with E-state index in [9.17, 15) is 19.7 Å². The van der Waals surface area contributed by atoms with Crippen LogP contribution in [0.25, 0.3) is 10.8 Å². The predicted octanol–water partition coefficient (Wildman–Crippen LogP) is 2.65. The van der Waals surface area contributed by atoms with E-state index < -0.39 is 16.7 Å². The average molecular weight is 378 g/mol. The number of nitro benzene ring substituents is 1. The lowest BCUT2D eigenvalue weighted by Gasteiger charge is -2.19. The third-order valence-electron chi connectivity index (χ3n) is 4.19. The molecule has 2 amide bonds. The number of fused-ring (bicyclic) bond motifs is 1. The highest BCUT2D eigenvalue weighted by Gasteiger charge is 2.13. The summed E-state index contributed by atoms with van der Waals surface area (Å²) in [4.78, 5) is 36.1. The SMILES string of the molecule is CN(CC(=O)NNC(=O)c1cccc([N+](=O)[O-])c1)c1ccc2ccccc2c1. The number of benzene rings is 3. The largest absolute Gasteiger partial charge is 0.365 e. The molecule has 0 atom stereocenters. The molecule has 0 aliphatic carbocycles. The van der Waals surface area contributed by atoms with Crippen LogP contribution in [0, 0.1) is 10.1 Å². The number of nitrogens with one attached hydrogen (secondary N) is 2. The van der Waals surface area contributed by atoms with Gasteiger partial charge in [0.15, 0.2) is 0 Å². The van der Waals surface area contributed by atoms with Crippen molar-refractivity contribution in [3.63, 3.8) is 0 Å². The highest BCUT2D eigenvalue weighted by molar-refractivity contribution is 5.96. The number of hydrazine groups is 1. The van der Waals surface area contributed by atoms with Crippen molar-refractivity contribution in [3.8, 4) is 0 Å². The van der Waals surface area contributed by atoms with Crippen molar-refractivity contribution in [1.82, 2.24) is 10.9 Å². The zero-order chi connectivity index (χ0) is 20.1. The Kier molecular flexibility index (Phi) is 5.50. The van der Waals surface area contributed by atoms with E-state index in [4.69, 9.17) is 0 Å². The van der Waals surface area contributed by atoms with Crippen LogP contribution in [0.1, 0.15) is 10.4 Å². The summed E-state index contributed by atoms with van der Waals surface area (Å²) >= 11 is 0. The molecule has 8 nitrogen and oxygen atoms in total. The maximum Gasteiger partial charge on any atom is 0.270 e. The van der Waals surface area contributed by atoms with Gasteiger partial charge in [-0.2, -0.15) is 0 Å². The van der Waals surface area contributed by atoms with E-state index in [1.807, 2.05) is 42.5 Å². The van der Waals surface area contributed by atoms with E-state index in [0.29, 0.717) is 0 Å². The lowest BCUT2D eigenvalue weighted by molar-refractivity contribution is -0.384. The molecule has 0 saturated heterocycles. The standard InChI is InChI=1S/C20H18N4O4/c1-23(17-10-9-14-5-2-3-6-15(14)11-17)13-19(25)21-22-20(26)16-7-4-8-18(12-16)24(27)28/h2-12H,13H2,1H3,(H,21,25)(H,22,26). The molecule has 3 rings (SSSR count). The second-order valence-corrected chi connectivity index (χ2v) is 6.20. The van der Waals surface area contributed by atoms with E-state index in [1.165, 1.54) is 18.2 Å². The first-order valence-electron chi connectivity index (χ1n) is 8.47. The Labute approximate surface area is 160 Å². The van der Waals surface area contributed by atoms with Crippen LogP contribution in [0.5, 0.6) is 0 Å². The topological polar surface area (TPSA) is 105 Å². The molecule has 3 aromatic carbocycles. The van der Waals surface area contributed by atoms with Crippen molar-refractivity contribution in [2.75, 3.05) is 18.5 Å². The second kappa shape index (κ2) is 8.17. The summed E-state index contributed by atoms with van der Waals surface area (Å²) in [6.45, 7) is 0.0214. The number of amides is 2. The molecular formula is C20H18N4O4. The summed E-state index contributed by atoms with van der Waals surface area (Å²) in [6.07, 6.45) is 0. The number of nitrogens with zero attached hydrogens (tertiary/aromatic N) is 2. The Morgan fingerprint density at radius 2 is 1.71 bits per heavy atom. The minimum Gasteiger partial charge on any atom is -0.365 e. The lowest BCUT2D eigenvalue weighted by atomic mass is 10.1. The van der Waals surface area contributed by atoms with Crippen LogP contribution >= 0.6 is 0 Å². The molecule has 0 bridgehead atoms. The highest BCUT2D eigenvalue weighted by Crippen LogP contribution is 2.21. The van der Waals surface area contributed by atoms with Gasteiger partial charge in [-0.05, 0) is 29.0 Å². The molecule has 0 heterocycles. The third kappa shape index (κ3) is 4.42. The Hall–Kier alpha value is -3.94. The van der Waals surface area contributed by atoms with Gasteiger partial charge in [0.25, 0.3) is 17.5 Å². The number of anilines is 1. The second-order valence-electron chi connectivity index (χ2n) is 6.20. The first-order chi connectivity index (χ1) is 13.4. The van der Waals surface area contributed by atoms with Gasteiger partial charge >= 0.3 is 0 Å². The summed E-state index contributed by atoms with van der Waals surface area (Å²) in [5, 5.41) is 12.9. The summed E-state index contributed by atoms with van der Waals surface area (Å²) < 4.78 is 0. The molecule has 0 spiro atoms. The Balaban J connectivity index is 1.58. The fraction of sp³-hybridized carbons (Fsp3) is 0.100. The van der Waals surface area contributed by atoms with Gasteiger partial charge in [-0.25, -0.2) is 0 Å². The molecule has 0 aromatic heterocycles. The van der Waals surface area contributed by atoms with Gasteiger partial charge in [-0.1, -0.05) is 36.4 Å². The molecule has 28 heavy (non-hydrogen) atoms. The van der Waals surface area contributed by atoms with Crippen molar-refractivity contribution in [2.24, 2.45) is 0 Å². The predicted molar refractivity (Wildman–Crippen MR) is 106 cm³/mol. The van der Waals surface area contributed by atoms with Crippen molar-refractivity contribution in [2.45, 2.75) is 0 Å². The third-order valence-corrected chi connectivity index (χ3v) is 4.19. The zero-order valence-corrected chi connectivity index (χ0v) is 15.1. The first-order valence-corrected chi connectivity index (χ1v) is 8.47. The van der Waals surface area contributed by atoms with Crippen molar-refractivity contribution < 1.29 is 14.5 Å². The summed E-state index contributed by atoms with van der Waals surface area (Å²) in [7, 11) is 1.77. The lowest BCUT2D eigenvalue weighted by Crippen LogP contribution is -2.45. The quantitative estimate of drug-likeness (QED) is 0.525. The minimum absolute atomic E-state index is 0.0214. The van der Waals surface area contributed by atoms with Crippen LogP contribution in [0.15, 0.2) is 66.7 Å². The van der Waals surface area contributed by atoms with E-state index >= 15 is 0 Å². The number of carbonyl (C=O) groups excluding carboxylic acids is 2. The number of non-ortho nitro benzene ring substituents is 1. The molecule has 3 aromatic rings. The Morgan fingerprint density at radius 1 is 0.964 bits per heavy atom.